The quantitative estimate of drug-likeness (QED) is 0.639. The second-order valence-corrected chi connectivity index (χ2v) is 11.3. The molecule has 4 rings (SSSR count). The molecule has 0 aliphatic heterocycles. The number of fused-ring (bicyclic) bond motifs is 5. The summed E-state index contributed by atoms with van der Waals surface area (Å²) in [4.78, 5) is 11.4. The van der Waals surface area contributed by atoms with Crippen molar-refractivity contribution in [3.63, 3.8) is 0 Å². The van der Waals surface area contributed by atoms with Crippen molar-refractivity contribution >= 4 is 5.97 Å². The van der Waals surface area contributed by atoms with Gasteiger partial charge in [-0.15, -0.1) is 0 Å². The average molecular weight is 391 g/mol. The molecule has 4 saturated carbocycles. The molecule has 3 nitrogen and oxygen atoms in total. The Balaban J connectivity index is 1.56. The summed E-state index contributed by atoms with van der Waals surface area (Å²) < 4.78 is 5.59. The molecule has 10 atom stereocenters. The van der Waals surface area contributed by atoms with Gasteiger partial charge in [-0.3, -0.25) is 4.79 Å². The van der Waals surface area contributed by atoms with Crippen molar-refractivity contribution in [3.05, 3.63) is 0 Å². The van der Waals surface area contributed by atoms with E-state index in [1.54, 1.807) is 0 Å². The molecule has 0 radical (unpaired) electrons. The maximum absolute atomic E-state index is 11.5. The number of ether oxygens (including phenoxy) is 1. The van der Waals surface area contributed by atoms with Crippen molar-refractivity contribution in [2.45, 2.75) is 105 Å². The van der Waals surface area contributed by atoms with Crippen LogP contribution in [0.5, 0.6) is 0 Å². The van der Waals surface area contributed by atoms with Crippen LogP contribution in [0.1, 0.15) is 92.4 Å². The summed E-state index contributed by atoms with van der Waals surface area (Å²) in [5.74, 6) is 4.05. The van der Waals surface area contributed by atoms with E-state index >= 15 is 0 Å². The van der Waals surface area contributed by atoms with Crippen molar-refractivity contribution in [3.8, 4) is 0 Å². The third-order valence-corrected chi connectivity index (χ3v) is 10.5. The Hall–Kier alpha value is -0.570. The predicted octanol–water partition coefficient (Wildman–Crippen LogP) is 5.59. The number of carbonyl (C=O) groups is 1. The normalized spacial score (nSPS) is 51.6. The topological polar surface area (TPSA) is 46.5 Å². The number of aliphatic hydroxyl groups excluding tert-OH is 1. The van der Waals surface area contributed by atoms with Crippen LogP contribution in [0.2, 0.25) is 0 Å². The van der Waals surface area contributed by atoms with Crippen LogP contribution in [-0.2, 0) is 9.53 Å². The molecule has 0 heterocycles. The SMILES string of the molecule is CCC(C)C1CCC2C3CCC4C[C@H](OC(C)=O)CC[C@]4(C)C3C[C@H](O)[C@]12C. The molecule has 0 saturated heterocycles. The van der Waals surface area contributed by atoms with E-state index in [1.165, 1.54) is 39.0 Å². The van der Waals surface area contributed by atoms with Crippen molar-refractivity contribution in [2.24, 2.45) is 46.3 Å². The van der Waals surface area contributed by atoms with Gasteiger partial charge in [-0.1, -0.05) is 34.1 Å². The molecule has 4 aliphatic rings. The zero-order valence-corrected chi connectivity index (χ0v) is 18.7. The highest BCUT2D eigenvalue weighted by molar-refractivity contribution is 5.66. The molecule has 0 amide bonds. The van der Waals surface area contributed by atoms with Gasteiger partial charge in [0.05, 0.1) is 6.10 Å². The van der Waals surface area contributed by atoms with E-state index in [9.17, 15) is 9.90 Å². The largest absolute Gasteiger partial charge is 0.463 e. The van der Waals surface area contributed by atoms with E-state index in [0.717, 1.165) is 31.6 Å². The van der Waals surface area contributed by atoms with Gasteiger partial charge < -0.3 is 9.84 Å². The average Bonchev–Trinajstić information content (AvgIpc) is 3.01. The lowest BCUT2D eigenvalue weighted by Gasteiger charge is -2.62. The molecule has 0 aromatic heterocycles. The van der Waals surface area contributed by atoms with E-state index in [1.807, 2.05) is 0 Å². The van der Waals surface area contributed by atoms with E-state index in [0.29, 0.717) is 35.0 Å². The van der Waals surface area contributed by atoms with Gasteiger partial charge in [-0.25, -0.2) is 0 Å². The highest BCUT2D eigenvalue weighted by Crippen LogP contribution is 2.68. The smallest absolute Gasteiger partial charge is 0.302 e. The summed E-state index contributed by atoms with van der Waals surface area (Å²) in [6.07, 6.45) is 10.6. The molecule has 0 bridgehead atoms. The number of hydrogen-bond acceptors (Lipinski definition) is 3. The first-order valence-electron chi connectivity index (χ1n) is 12.1. The van der Waals surface area contributed by atoms with E-state index in [2.05, 4.69) is 27.7 Å². The summed E-state index contributed by atoms with van der Waals surface area (Å²) in [5.41, 5.74) is 0.436. The molecule has 1 N–H and O–H groups in total. The third-order valence-electron chi connectivity index (χ3n) is 10.5. The number of aliphatic hydroxyl groups is 1. The zero-order chi connectivity index (χ0) is 20.3. The Morgan fingerprint density at radius 2 is 1.86 bits per heavy atom. The molecule has 160 valence electrons. The standard InChI is InChI=1S/C25H42O3/c1-6-15(2)20-9-10-21-19-8-7-17-13-18(28-16(3)26)11-12-24(17,4)22(19)14-23(27)25(20,21)5/h15,17-23,27H,6-14H2,1-5H3/t15?,17?,18-,19?,20?,21?,22?,23+,24+,25-/m1/s1. The third kappa shape index (κ3) is 2.97. The van der Waals surface area contributed by atoms with Crippen LogP contribution in [0.3, 0.4) is 0 Å². The zero-order valence-electron chi connectivity index (χ0n) is 18.7. The minimum Gasteiger partial charge on any atom is -0.463 e. The fourth-order valence-corrected chi connectivity index (χ4v) is 8.77. The molecule has 0 aromatic rings. The Kier molecular flexibility index (Phi) is 5.39. The minimum atomic E-state index is -0.151. The fourth-order valence-electron chi connectivity index (χ4n) is 8.77. The molecule has 6 unspecified atom stereocenters. The van der Waals surface area contributed by atoms with Crippen LogP contribution in [0.15, 0.2) is 0 Å². The maximum atomic E-state index is 11.5. The lowest BCUT2D eigenvalue weighted by molar-refractivity contribution is -0.180. The van der Waals surface area contributed by atoms with Gasteiger partial charge in [0.25, 0.3) is 0 Å². The minimum absolute atomic E-state index is 0.118. The first-order chi connectivity index (χ1) is 13.2. The van der Waals surface area contributed by atoms with Crippen LogP contribution in [0.4, 0.5) is 0 Å². The molecule has 0 aromatic carbocycles. The Bertz CT molecular complexity index is 603. The Labute approximate surface area is 172 Å². The maximum Gasteiger partial charge on any atom is 0.302 e. The highest BCUT2D eigenvalue weighted by Gasteiger charge is 2.63. The van der Waals surface area contributed by atoms with Gasteiger partial charge in [0.1, 0.15) is 6.10 Å². The van der Waals surface area contributed by atoms with Crippen LogP contribution in [0.25, 0.3) is 0 Å². The second-order valence-electron chi connectivity index (χ2n) is 11.3. The number of hydrogen-bond donors (Lipinski definition) is 1. The van der Waals surface area contributed by atoms with Gasteiger partial charge in [0.15, 0.2) is 0 Å². The van der Waals surface area contributed by atoms with Crippen LogP contribution >= 0.6 is 0 Å². The number of rotatable bonds is 3. The summed E-state index contributed by atoms with van der Waals surface area (Å²) >= 11 is 0. The summed E-state index contributed by atoms with van der Waals surface area (Å²) in [6.45, 7) is 11.2. The van der Waals surface area contributed by atoms with Crippen molar-refractivity contribution in [1.29, 1.82) is 0 Å². The van der Waals surface area contributed by atoms with Crippen molar-refractivity contribution in [1.82, 2.24) is 0 Å². The molecular formula is C25H42O3. The lowest BCUT2D eigenvalue weighted by atomic mass is 9.43. The first-order valence-corrected chi connectivity index (χ1v) is 12.1. The van der Waals surface area contributed by atoms with Crippen LogP contribution in [-0.4, -0.2) is 23.3 Å². The molecule has 0 spiro atoms. The van der Waals surface area contributed by atoms with Crippen molar-refractivity contribution in [2.75, 3.05) is 0 Å². The molecule has 4 fully saturated rings. The molecule has 4 aliphatic carbocycles. The van der Waals surface area contributed by atoms with E-state index < -0.39 is 0 Å². The fraction of sp³-hybridized carbons (Fsp3) is 0.960. The summed E-state index contributed by atoms with van der Waals surface area (Å²) in [7, 11) is 0. The van der Waals surface area contributed by atoms with Crippen LogP contribution < -0.4 is 0 Å². The number of carbonyl (C=O) groups excluding carboxylic acids is 1. The van der Waals surface area contributed by atoms with Crippen LogP contribution in [0, 0.1) is 46.3 Å². The van der Waals surface area contributed by atoms with E-state index in [4.69, 9.17) is 4.74 Å². The lowest BCUT2D eigenvalue weighted by Crippen LogP contribution is -2.59. The molecule has 28 heavy (non-hydrogen) atoms. The number of esters is 1. The monoisotopic (exact) mass is 390 g/mol. The molecule has 3 heteroatoms. The van der Waals surface area contributed by atoms with Gasteiger partial charge in [-0.05, 0) is 97.7 Å². The highest BCUT2D eigenvalue weighted by atomic mass is 16.5. The first kappa shape index (κ1) is 20.7. The second kappa shape index (κ2) is 7.29. The Morgan fingerprint density at radius 3 is 2.54 bits per heavy atom. The summed E-state index contributed by atoms with van der Waals surface area (Å²) in [6, 6.07) is 0. The van der Waals surface area contributed by atoms with Gasteiger partial charge in [-0.2, -0.15) is 0 Å². The predicted molar refractivity (Wildman–Crippen MR) is 112 cm³/mol. The van der Waals surface area contributed by atoms with Crippen molar-refractivity contribution < 1.29 is 14.6 Å². The van der Waals surface area contributed by atoms with Gasteiger partial charge >= 0.3 is 5.97 Å². The van der Waals surface area contributed by atoms with Gasteiger partial charge in [0.2, 0.25) is 0 Å². The van der Waals surface area contributed by atoms with E-state index in [-0.39, 0.29) is 23.6 Å². The summed E-state index contributed by atoms with van der Waals surface area (Å²) in [5, 5.41) is 11.5. The molecular weight excluding hydrogens is 348 g/mol. The Morgan fingerprint density at radius 1 is 1.11 bits per heavy atom. The van der Waals surface area contributed by atoms with Gasteiger partial charge in [0, 0.05) is 6.92 Å².